The van der Waals surface area contributed by atoms with Crippen molar-refractivity contribution in [1.29, 1.82) is 0 Å². The Morgan fingerprint density at radius 2 is 1.41 bits per heavy atom. The van der Waals surface area contributed by atoms with Gasteiger partial charge in [-0.2, -0.15) is 0 Å². The van der Waals surface area contributed by atoms with Gasteiger partial charge in [-0.3, -0.25) is 19.2 Å². The normalized spacial score (nSPS) is 14.1. The summed E-state index contributed by atoms with van der Waals surface area (Å²) in [5.74, 6) is 0.871. The third-order valence-corrected chi connectivity index (χ3v) is 7.51. The van der Waals surface area contributed by atoms with Crippen LogP contribution in [0.4, 0.5) is 5.69 Å². The maximum absolute atomic E-state index is 13.3. The second kappa shape index (κ2) is 10.7. The average molecular weight is 522 g/mol. The van der Waals surface area contributed by atoms with Gasteiger partial charge in [-0.25, -0.2) is 4.79 Å². The van der Waals surface area contributed by atoms with E-state index in [4.69, 9.17) is 4.74 Å². The molecule has 0 unspecified atom stereocenters. The van der Waals surface area contributed by atoms with Crippen LogP contribution in [0.15, 0.2) is 94.5 Å². The van der Waals surface area contributed by atoms with E-state index in [2.05, 4.69) is 50.1 Å². The third kappa shape index (κ3) is 4.98. The number of hydrogen-bond donors (Lipinski definition) is 2. The number of methoxy groups -OCH3 is 1. The Kier molecular flexibility index (Phi) is 6.77. The van der Waals surface area contributed by atoms with E-state index in [1.54, 1.807) is 7.11 Å². The Balaban J connectivity index is 1.15. The lowest BCUT2D eigenvalue weighted by atomic mass is 10.0. The second-order valence-electron chi connectivity index (χ2n) is 9.80. The lowest BCUT2D eigenvalue weighted by Crippen LogP contribution is -2.48. The molecule has 0 aliphatic carbocycles. The summed E-state index contributed by atoms with van der Waals surface area (Å²) in [6.07, 6.45) is 0. The largest absolute Gasteiger partial charge is 0.495 e. The molecule has 0 bridgehead atoms. The van der Waals surface area contributed by atoms with Crippen molar-refractivity contribution in [3.05, 3.63) is 106 Å². The predicted molar refractivity (Wildman–Crippen MR) is 156 cm³/mol. The molecule has 198 valence electrons. The summed E-state index contributed by atoms with van der Waals surface area (Å²) in [6.45, 7) is 4.38. The lowest BCUT2D eigenvalue weighted by molar-refractivity contribution is 0.245. The van der Waals surface area contributed by atoms with Crippen molar-refractivity contribution in [2.24, 2.45) is 0 Å². The lowest BCUT2D eigenvalue weighted by Gasteiger charge is -2.36. The number of anilines is 1. The number of fused-ring (bicyclic) bond motifs is 1. The highest BCUT2D eigenvalue weighted by Crippen LogP contribution is 2.28. The molecule has 0 radical (unpaired) electrons. The molecule has 3 aromatic carbocycles. The van der Waals surface area contributed by atoms with Crippen LogP contribution in [0.2, 0.25) is 0 Å². The molecule has 6 rings (SSSR count). The standard InChI is InChI=1S/C31H31N5O3/c1-39-28-10-6-5-9-27(28)35-18-15-34(16-19-35)17-20-36-30(37)25-21-26(32-29(25)33-31(36)38)24-13-11-23(12-14-24)22-7-3-2-4-8-22/h2-14,21,32H,15-20H2,1H3,(H,33,38). The van der Waals surface area contributed by atoms with Gasteiger partial charge in [0.25, 0.3) is 5.56 Å². The first-order valence-corrected chi connectivity index (χ1v) is 13.2. The van der Waals surface area contributed by atoms with Gasteiger partial charge in [0.05, 0.1) is 18.2 Å². The topological polar surface area (TPSA) is 86.4 Å². The van der Waals surface area contributed by atoms with Crippen LogP contribution < -0.4 is 20.9 Å². The molecule has 1 fully saturated rings. The Bertz CT molecular complexity index is 1690. The zero-order valence-electron chi connectivity index (χ0n) is 21.9. The zero-order valence-corrected chi connectivity index (χ0v) is 21.9. The Hall–Kier alpha value is -4.56. The molecule has 0 spiro atoms. The number of hydrogen-bond acceptors (Lipinski definition) is 5. The summed E-state index contributed by atoms with van der Waals surface area (Å²) in [4.78, 5) is 36.8. The minimum Gasteiger partial charge on any atom is -0.495 e. The van der Waals surface area contributed by atoms with Crippen LogP contribution >= 0.6 is 0 Å². The van der Waals surface area contributed by atoms with Crippen molar-refractivity contribution in [1.82, 2.24) is 19.4 Å². The Morgan fingerprint density at radius 1 is 0.744 bits per heavy atom. The molecule has 3 heterocycles. The fourth-order valence-electron chi connectivity index (χ4n) is 5.31. The highest BCUT2D eigenvalue weighted by Gasteiger charge is 2.20. The van der Waals surface area contributed by atoms with Crippen molar-refractivity contribution in [2.45, 2.75) is 6.54 Å². The fourth-order valence-corrected chi connectivity index (χ4v) is 5.31. The van der Waals surface area contributed by atoms with Crippen LogP contribution in [0, 0.1) is 0 Å². The number of nitrogens with zero attached hydrogens (tertiary/aromatic N) is 3. The van der Waals surface area contributed by atoms with E-state index in [1.165, 1.54) is 4.57 Å². The SMILES string of the molecule is COc1ccccc1N1CCN(CCn2c(=O)[nH]c3[nH]c(-c4ccc(-c5ccccc5)cc4)cc3c2=O)CC1. The smallest absolute Gasteiger partial charge is 0.329 e. The molecule has 39 heavy (non-hydrogen) atoms. The molecule has 0 saturated carbocycles. The molecule has 2 N–H and O–H groups in total. The van der Waals surface area contributed by atoms with E-state index in [0.29, 0.717) is 24.1 Å². The van der Waals surface area contributed by atoms with Gasteiger partial charge in [-0.15, -0.1) is 0 Å². The van der Waals surface area contributed by atoms with E-state index in [9.17, 15) is 9.59 Å². The van der Waals surface area contributed by atoms with Crippen molar-refractivity contribution in [3.63, 3.8) is 0 Å². The van der Waals surface area contributed by atoms with Crippen LogP contribution in [0.1, 0.15) is 0 Å². The maximum atomic E-state index is 13.3. The molecule has 8 heteroatoms. The molecular weight excluding hydrogens is 490 g/mol. The van der Waals surface area contributed by atoms with E-state index >= 15 is 0 Å². The minimum atomic E-state index is -0.395. The monoisotopic (exact) mass is 521 g/mol. The highest BCUT2D eigenvalue weighted by molar-refractivity contribution is 5.82. The fraction of sp³-hybridized carbons (Fsp3) is 0.226. The molecule has 2 aromatic heterocycles. The van der Waals surface area contributed by atoms with E-state index < -0.39 is 5.69 Å². The van der Waals surface area contributed by atoms with Gasteiger partial charge in [0.2, 0.25) is 0 Å². The van der Waals surface area contributed by atoms with Gasteiger partial charge in [-0.05, 0) is 34.9 Å². The number of aromatic amines is 2. The van der Waals surface area contributed by atoms with Crippen molar-refractivity contribution < 1.29 is 4.74 Å². The zero-order chi connectivity index (χ0) is 26.8. The van der Waals surface area contributed by atoms with Gasteiger partial charge in [0.15, 0.2) is 0 Å². The first kappa shape index (κ1) is 24.8. The van der Waals surface area contributed by atoms with Crippen molar-refractivity contribution in [2.75, 3.05) is 44.7 Å². The van der Waals surface area contributed by atoms with Crippen molar-refractivity contribution in [3.8, 4) is 28.1 Å². The van der Waals surface area contributed by atoms with Gasteiger partial charge in [-0.1, -0.05) is 66.7 Å². The van der Waals surface area contributed by atoms with Crippen LogP contribution in [0.5, 0.6) is 5.75 Å². The molecular formula is C31H31N5O3. The number of nitrogens with one attached hydrogen (secondary N) is 2. The number of aromatic nitrogens is 3. The van der Waals surface area contributed by atoms with E-state index in [-0.39, 0.29) is 5.56 Å². The predicted octanol–water partition coefficient (Wildman–Crippen LogP) is 4.18. The summed E-state index contributed by atoms with van der Waals surface area (Å²) in [6, 6.07) is 28.2. The number of ether oxygens (including phenoxy) is 1. The molecule has 0 amide bonds. The van der Waals surface area contributed by atoms with Gasteiger partial charge in [0, 0.05) is 45.0 Å². The van der Waals surface area contributed by atoms with Gasteiger partial charge in [0.1, 0.15) is 11.4 Å². The number of benzene rings is 3. The minimum absolute atomic E-state index is 0.273. The first-order chi connectivity index (χ1) is 19.1. The number of H-pyrrole nitrogens is 2. The van der Waals surface area contributed by atoms with Crippen molar-refractivity contribution >= 4 is 16.7 Å². The van der Waals surface area contributed by atoms with Crippen LogP contribution in [0.25, 0.3) is 33.4 Å². The molecule has 5 aromatic rings. The molecule has 0 atom stereocenters. The Morgan fingerprint density at radius 3 is 2.15 bits per heavy atom. The van der Waals surface area contributed by atoms with Crippen LogP contribution in [-0.4, -0.2) is 59.3 Å². The second-order valence-corrected chi connectivity index (χ2v) is 9.80. The molecule has 1 aliphatic heterocycles. The first-order valence-electron chi connectivity index (χ1n) is 13.2. The molecule has 1 aliphatic rings. The van der Waals surface area contributed by atoms with Gasteiger partial charge >= 0.3 is 5.69 Å². The Labute approximate surface area is 226 Å². The molecule has 1 saturated heterocycles. The number of rotatable bonds is 7. The van der Waals surface area contributed by atoms with E-state index in [1.807, 2.05) is 54.6 Å². The molecule has 8 nitrogen and oxygen atoms in total. The number of para-hydroxylation sites is 2. The summed E-state index contributed by atoms with van der Waals surface area (Å²) in [7, 11) is 1.69. The third-order valence-electron chi connectivity index (χ3n) is 7.51. The highest BCUT2D eigenvalue weighted by atomic mass is 16.5. The average Bonchev–Trinajstić information content (AvgIpc) is 3.42. The van der Waals surface area contributed by atoms with Crippen LogP contribution in [-0.2, 0) is 6.54 Å². The van der Waals surface area contributed by atoms with E-state index in [0.717, 1.165) is 60.0 Å². The van der Waals surface area contributed by atoms with Gasteiger partial charge < -0.3 is 14.6 Å². The summed E-state index contributed by atoms with van der Waals surface area (Å²) >= 11 is 0. The summed E-state index contributed by atoms with van der Waals surface area (Å²) in [5.41, 5.74) is 4.89. The number of piperazine rings is 1. The van der Waals surface area contributed by atoms with Crippen LogP contribution in [0.3, 0.4) is 0 Å². The summed E-state index contributed by atoms with van der Waals surface area (Å²) in [5, 5.41) is 0.484. The maximum Gasteiger partial charge on any atom is 0.329 e. The summed E-state index contributed by atoms with van der Waals surface area (Å²) < 4.78 is 6.82. The quantitative estimate of drug-likeness (QED) is 0.336.